The number of hydrogen-bond acceptors (Lipinski definition) is 0. The molecule has 0 amide bonds. The Kier molecular flexibility index (Phi) is 0.408. The summed E-state index contributed by atoms with van der Waals surface area (Å²) in [6.07, 6.45) is 6.92. The van der Waals surface area contributed by atoms with Crippen molar-refractivity contribution in [1.82, 2.24) is 0 Å². The molecule has 6 heavy (non-hydrogen) atoms. The van der Waals surface area contributed by atoms with Gasteiger partial charge < -0.3 is 0 Å². The molecule has 2 fully saturated rings. The highest BCUT2D eigenvalue weighted by atomic mass is 14.4. The van der Waals surface area contributed by atoms with Crippen LogP contribution in [0, 0.1) is 18.3 Å². The second-order valence-corrected chi connectivity index (χ2v) is 2.47. The van der Waals surface area contributed by atoms with E-state index < -0.39 is 0 Å². The summed E-state index contributed by atoms with van der Waals surface area (Å²) in [5.74, 6) is 2.25. The van der Waals surface area contributed by atoms with E-state index in [1.165, 1.54) is 19.3 Å². The van der Waals surface area contributed by atoms with Crippen molar-refractivity contribution in [2.75, 3.05) is 0 Å². The van der Waals surface area contributed by atoms with Gasteiger partial charge in [-0.15, -0.1) is 0 Å². The Labute approximate surface area is 38.6 Å². The molecule has 1 radical (unpaired) electrons. The van der Waals surface area contributed by atoms with E-state index in [0.29, 0.717) is 0 Å². The van der Waals surface area contributed by atoms with E-state index in [9.17, 15) is 0 Å². The lowest BCUT2D eigenvalue weighted by Gasteiger charge is -1.77. The molecule has 1 atom stereocenters. The van der Waals surface area contributed by atoms with E-state index in [4.69, 9.17) is 0 Å². The molecule has 0 aromatic heterocycles. The predicted octanol–water partition coefficient (Wildman–Crippen LogP) is 1.62. The van der Waals surface area contributed by atoms with Gasteiger partial charge in [0.05, 0.1) is 0 Å². The van der Waals surface area contributed by atoms with Crippen LogP contribution in [0.3, 0.4) is 0 Å². The maximum atomic E-state index is 2.43. The van der Waals surface area contributed by atoms with Gasteiger partial charge in [0.25, 0.3) is 0 Å². The molecule has 0 heterocycles. The first kappa shape index (κ1) is 3.06. The average molecular weight is 81.1 g/mol. The summed E-state index contributed by atoms with van der Waals surface area (Å²) in [6, 6.07) is 0. The first-order valence-corrected chi connectivity index (χ1v) is 2.80. The van der Waals surface area contributed by atoms with Gasteiger partial charge in [0, 0.05) is 0 Å². The third kappa shape index (κ3) is 0.360. The molecule has 33 valence electrons. The van der Waals surface area contributed by atoms with Gasteiger partial charge in [0.2, 0.25) is 0 Å². The van der Waals surface area contributed by atoms with Gasteiger partial charge in [-0.2, -0.15) is 0 Å². The fourth-order valence-electron chi connectivity index (χ4n) is 0.988. The van der Waals surface area contributed by atoms with Crippen molar-refractivity contribution in [3.05, 3.63) is 6.42 Å². The SMILES string of the molecule is [CH]1C[C@H]1C1CC1. The maximum Gasteiger partial charge on any atom is -0.0349 e. The quantitative estimate of drug-likeness (QED) is 0.450. The van der Waals surface area contributed by atoms with E-state index in [2.05, 4.69) is 6.42 Å². The number of hydrogen-bond donors (Lipinski definition) is 0. The van der Waals surface area contributed by atoms with Crippen LogP contribution < -0.4 is 0 Å². The van der Waals surface area contributed by atoms with Gasteiger partial charge in [-0.1, -0.05) is 0 Å². The van der Waals surface area contributed by atoms with Gasteiger partial charge in [-0.25, -0.2) is 0 Å². The standard InChI is InChI=1S/C6H9/c1-2-5(1)6-3-4-6/h1,5-6H,2-4H2/t5-/m0/s1. The third-order valence-corrected chi connectivity index (χ3v) is 1.74. The van der Waals surface area contributed by atoms with Gasteiger partial charge in [-0.3, -0.25) is 0 Å². The van der Waals surface area contributed by atoms with E-state index >= 15 is 0 Å². The summed E-state index contributed by atoms with van der Waals surface area (Å²) >= 11 is 0. The van der Waals surface area contributed by atoms with Crippen molar-refractivity contribution in [1.29, 1.82) is 0 Å². The Hall–Kier alpha value is 0. The molecule has 0 unspecified atom stereocenters. The normalized spacial score (nSPS) is 34.0. The van der Waals surface area contributed by atoms with Crippen LogP contribution in [0.4, 0.5) is 0 Å². The third-order valence-electron chi connectivity index (χ3n) is 1.74. The average Bonchev–Trinajstić information content (AvgIpc) is 2.26. The predicted molar refractivity (Wildman–Crippen MR) is 25.1 cm³/mol. The molecule has 0 aromatic carbocycles. The zero-order valence-electron chi connectivity index (χ0n) is 3.85. The molecule has 0 N–H and O–H groups in total. The van der Waals surface area contributed by atoms with Gasteiger partial charge >= 0.3 is 0 Å². The van der Waals surface area contributed by atoms with Crippen molar-refractivity contribution in [2.24, 2.45) is 11.8 Å². The second-order valence-electron chi connectivity index (χ2n) is 2.47. The van der Waals surface area contributed by atoms with E-state index in [1.807, 2.05) is 0 Å². The van der Waals surface area contributed by atoms with Gasteiger partial charge in [0.15, 0.2) is 0 Å². The van der Waals surface area contributed by atoms with Crippen LogP contribution >= 0.6 is 0 Å². The highest BCUT2D eigenvalue weighted by Crippen LogP contribution is 2.48. The molecule has 0 saturated heterocycles. The van der Waals surface area contributed by atoms with E-state index in [-0.39, 0.29) is 0 Å². The first-order chi connectivity index (χ1) is 2.97. The molecule has 0 aromatic rings. The molecule has 2 rings (SSSR count). The summed E-state index contributed by atoms with van der Waals surface area (Å²) in [5.41, 5.74) is 0. The van der Waals surface area contributed by atoms with Crippen LogP contribution in [0.2, 0.25) is 0 Å². The molecule has 2 saturated carbocycles. The van der Waals surface area contributed by atoms with Crippen LogP contribution in [0.1, 0.15) is 19.3 Å². The fourth-order valence-corrected chi connectivity index (χ4v) is 0.988. The molecule has 0 nitrogen and oxygen atoms in total. The largest absolute Gasteiger partial charge is 0.0499 e. The number of rotatable bonds is 1. The maximum absolute atomic E-state index is 2.43. The van der Waals surface area contributed by atoms with Crippen molar-refractivity contribution in [3.8, 4) is 0 Å². The second kappa shape index (κ2) is 0.800. The van der Waals surface area contributed by atoms with E-state index in [0.717, 1.165) is 11.8 Å². The lowest BCUT2D eigenvalue weighted by molar-refractivity contribution is 0.740. The molecule has 0 heteroatoms. The Balaban J connectivity index is 1.92. The van der Waals surface area contributed by atoms with Crippen LogP contribution in [-0.2, 0) is 0 Å². The van der Waals surface area contributed by atoms with Crippen molar-refractivity contribution in [3.63, 3.8) is 0 Å². The molecule has 2 aliphatic carbocycles. The summed E-state index contributed by atoms with van der Waals surface area (Å²) in [5, 5.41) is 0. The molecule has 2 aliphatic rings. The summed E-state index contributed by atoms with van der Waals surface area (Å²) < 4.78 is 0. The molecular formula is C6H9. The highest BCUT2D eigenvalue weighted by molar-refractivity contribution is 5.03. The summed E-state index contributed by atoms with van der Waals surface area (Å²) in [6.45, 7) is 0. The Morgan fingerprint density at radius 3 is 2.17 bits per heavy atom. The lowest BCUT2D eigenvalue weighted by Crippen LogP contribution is -1.71. The van der Waals surface area contributed by atoms with Crippen LogP contribution in [-0.4, -0.2) is 0 Å². The first-order valence-electron chi connectivity index (χ1n) is 2.80. The topological polar surface area (TPSA) is 0 Å². The minimum Gasteiger partial charge on any atom is -0.0499 e. The van der Waals surface area contributed by atoms with Crippen molar-refractivity contribution < 1.29 is 0 Å². The summed E-state index contributed by atoms with van der Waals surface area (Å²) in [7, 11) is 0. The monoisotopic (exact) mass is 81.1 g/mol. The Morgan fingerprint density at radius 2 is 2.00 bits per heavy atom. The molecule has 0 aliphatic heterocycles. The highest BCUT2D eigenvalue weighted by Gasteiger charge is 2.38. The smallest absolute Gasteiger partial charge is 0.0349 e. The van der Waals surface area contributed by atoms with Gasteiger partial charge in [0.1, 0.15) is 0 Å². The van der Waals surface area contributed by atoms with E-state index in [1.54, 1.807) is 0 Å². The van der Waals surface area contributed by atoms with Crippen LogP contribution in [0.5, 0.6) is 0 Å². The molecular weight excluding hydrogens is 72.1 g/mol. The van der Waals surface area contributed by atoms with Crippen molar-refractivity contribution >= 4 is 0 Å². The van der Waals surface area contributed by atoms with Crippen LogP contribution in [0.15, 0.2) is 0 Å². The van der Waals surface area contributed by atoms with Crippen molar-refractivity contribution in [2.45, 2.75) is 19.3 Å². The molecule has 0 spiro atoms. The minimum atomic E-state index is 1.09. The Bertz CT molecular complexity index is 48.4. The fraction of sp³-hybridized carbons (Fsp3) is 0.833. The lowest BCUT2D eigenvalue weighted by atomic mass is 10.3. The summed E-state index contributed by atoms with van der Waals surface area (Å²) in [4.78, 5) is 0. The zero-order valence-corrected chi connectivity index (χ0v) is 3.85. The van der Waals surface area contributed by atoms with Gasteiger partial charge in [-0.05, 0) is 37.5 Å². The minimum absolute atomic E-state index is 1.09. The Morgan fingerprint density at radius 1 is 1.33 bits per heavy atom. The van der Waals surface area contributed by atoms with Crippen LogP contribution in [0.25, 0.3) is 0 Å². The zero-order chi connectivity index (χ0) is 3.98. The molecule has 0 bridgehead atoms.